The third kappa shape index (κ3) is 3.44. The van der Waals surface area contributed by atoms with Crippen LogP contribution in [0.3, 0.4) is 0 Å². The number of aryl methyl sites for hydroxylation is 3. The van der Waals surface area contributed by atoms with Crippen LogP contribution >= 0.6 is 0 Å². The molecule has 0 spiro atoms. The highest BCUT2D eigenvalue weighted by atomic mass is 16.5. The molecule has 1 saturated heterocycles. The Morgan fingerprint density at radius 1 is 1.04 bits per heavy atom. The summed E-state index contributed by atoms with van der Waals surface area (Å²) in [7, 11) is 0. The Morgan fingerprint density at radius 3 is 2.54 bits per heavy atom. The second kappa shape index (κ2) is 7.51. The zero-order valence-electron chi connectivity index (χ0n) is 16.1. The zero-order valence-corrected chi connectivity index (χ0v) is 16.1. The van der Waals surface area contributed by atoms with Crippen molar-refractivity contribution in [3.05, 3.63) is 70.3 Å². The van der Waals surface area contributed by atoms with Crippen molar-refractivity contribution < 1.29 is 4.74 Å². The van der Waals surface area contributed by atoms with E-state index >= 15 is 0 Å². The van der Waals surface area contributed by atoms with Crippen molar-refractivity contribution in [2.75, 3.05) is 32.8 Å². The number of piperazine rings is 1. The predicted octanol–water partition coefficient (Wildman–Crippen LogP) is 3.57. The molecule has 2 aromatic carbocycles. The van der Waals surface area contributed by atoms with Crippen LogP contribution in [0, 0.1) is 13.8 Å². The molecule has 4 rings (SSSR count). The first kappa shape index (κ1) is 17.7. The highest BCUT2D eigenvalue weighted by Gasteiger charge is 2.44. The Labute approximate surface area is 157 Å². The van der Waals surface area contributed by atoms with Crippen molar-refractivity contribution in [1.29, 1.82) is 0 Å². The van der Waals surface area contributed by atoms with Gasteiger partial charge in [0.1, 0.15) is 0 Å². The monoisotopic (exact) mass is 350 g/mol. The van der Waals surface area contributed by atoms with Crippen LogP contribution in [0.5, 0.6) is 0 Å². The minimum absolute atomic E-state index is 0.0392. The molecule has 0 bridgehead atoms. The molecule has 0 amide bonds. The van der Waals surface area contributed by atoms with Gasteiger partial charge in [-0.05, 0) is 43.4 Å². The van der Waals surface area contributed by atoms with E-state index in [9.17, 15) is 0 Å². The fourth-order valence-electron chi connectivity index (χ4n) is 4.82. The lowest BCUT2D eigenvalue weighted by molar-refractivity contribution is -0.0240. The second-order valence-electron chi connectivity index (χ2n) is 7.91. The molecule has 2 aliphatic rings. The summed E-state index contributed by atoms with van der Waals surface area (Å²) in [4.78, 5) is 2.66. The molecular formula is C23H30N2O. The summed E-state index contributed by atoms with van der Waals surface area (Å²) in [5, 5.41) is 3.49. The predicted molar refractivity (Wildman–Crippen MR) is 106 cm³/mol. The van der Waals surface area contributed by atoms with Crippen LogP contribution in [0.15, 0.2) is 42.5 Å². The first-order valence-electron chi connectivity index (χ1n) is 9.86. The maximum Gasteiger partial charge on any atom is 0.0718 e. The molecule has 1 N–H and O–H groups in total. The molecule has 26 heavy (non-hydrogen) atoms. The van der Waals surface area contributed by atoms with E-state index in [1.807, 2.05) is 0 Å². The molecule has 3 nitrogen and oxygen atoms in total. The van der Waals surface area contributed by atoms with Gasteiger partial charge >= 0.3 is 0 Å². The number of nitrogens with one attached hydrogen (secondary N) is 1. The number of benzene rings is 2. The quantitative estimate of drug-likeness (QED) is 0.892. The molecule has 1 aliphatic heterocycles. The van der Waals surface area contributed by atoms with Gasteiger partial charge in [-0.2, -0.15) is 0 Å². The van der Waals surface area contributed by atoms with Gasteiger partial charge in [-0.1, -0.05) is 53.6 Å². The first-order chi connectivity index (χ1) is 12.7. The van der Waals surface area contributed by atoms with Crippen LogP contribution < -0.4 is 5.32 Å². The van der Waals surface area contributed by atoms with E-state index < -0.39 is 0 Å². The maximum absolute atomic E-state index is 6.37. The number of hydrogen-bond donors (Lipinski definition) is 1. The number of hydrogen-bond acceptors (Lipinski definition) is 3. The SMILES string of the molecule is Cc1cc(C)cc(COC[C@]2(N3CCNCC3)CCc3ccccc32)c1. The fourth-order valence-corrected chi connectivity index (χ4v) is 4.82. The second-order valence-corrected chi connectivity index (χ2v) is 7.91. The summed E-state index contributed by atoms with van der Waals surface area (Å²) in [5.74, 6) is 0. The number of rotatable bonds is 5. The van der Waals surface area contributed by atoms with Crippen LogP contribution in [-0.2, 0) is 23.3 Å². The lowest BCUT2D eigenvalue weighted by Crippen LogP contribution is -2.55. The molecule has 138 valence electrons. The molecule has 1 aliphatic carbocycles. The van der Waals surface area contributed by atoms with Gasteiger partial charge in [0.2, 0.25) is 0 Å². The van der Waals surface area contributed by atoms with Gasteiger partial charge in [0.25, 0.3) is 0 Å². The third-order valence-corrected chi connectivity index (χ3v) is 5.94. The van der Waals surface area contributed by atoms with Gasteiger partial charge in [0, 0.05) is 26.2 Å². The van der Waals surface area contributed by atoms with Crippen LogP contribution in [0.1, 0.15) is 34.2 Å². The summed E-state index contributed by atoms with van der Waals surface area (Å²) >= 11 is 0. The molecule has 0 radical (unpaired) electrons. The Kier molecular flexibility index (Phi) is 5.12. The smallest absolute Gasteiger partial charge is 0.0718 e. The Bertz CT molecular complexity index is 746. The van der Waals surface area contributed by atoms with Crippen LogP contribution in [0.2, 0.25) is 0 Å². The van der Waals surface area contributed by atoms with Crippen molar-refractivity contribution in [3.63, 3.8) is 0 Å². The highest BCUT2D eigenvalue weighted by Crippen LogP contribution is 2.42. The number of nitrogens with zero attached hydrogens (tertiary/aromatic N) is 1. The molecule has 3 heteroatoms. The van der Waals surface area contributed by atoms with Crippen molar-refractivity contribution in [2.24, 2.45) is 0 Å². The topological polar surface area (TPSA) is 24.5 Å². The number of fused-ring (bicyclic) bond motifs is 1. The van der Waals surface area contributed by atoms with E-state index in [1.165, 1.54) is 34.2 Å². The zero-order chi connectivity index (χ0) is 18.0. The lowest BCUT2D eigenvalue weighted by atomic mass is 9.89. The largest absolute Gasteiger partial charge is 0.374 e. The van der Waals surface area contributed by atoms with E-state index in [2.05, 4.69) is 66.5 Å². The highest BCUT2D eigenvalue weighted by molar-refractivity contribution is 5.39. The van der Waals surface area contributed by atoms with E-state index in [0.29, 0.717) is 6.61 Å². The standard InChI is InChI=1S/C23H30N2O/c1-18-13-19(2)15-20(14-18)16-26-17-23(25-11-9-24-10-12-25)8-7-21-5-3-4-6-22(21)23/h3-6,13-15,24H,7-12,16-17H2,1-2H3/t23-/m1/s1. The van der Waals surface area contributed by atoms with E-state index in [-0.39, 0.29) is 5.54 Å². The average molecular weight is 351 g/mol. The maximum atomic E-state index is 6.37. The Morgan fingerprint density at radius 2 is 1.77 bits per heavy atom. The number of ether oxygens (including phenoxy) is 1. The van der Waals surface area contributed by atoms with Crippen LogP contribution in [0.4, 0.5) is 0 Å². The van der Waals surface area contributed by atoms with Gasteiger partial charge in [0.15, 0.2) is 0 Å². The van der Waals surface area contributed by atoms with Crippen LogP contribution in [-0.4, -0.2) is 37.7 Å². The van der Waals surface area contributed by atoms with Gasteiger partial charge < -0.3 is 10.1 Å². The van der Waals surface area contributed by atoms with E-state index in [4.69, 9.17) is 4.74 Å². The third-order valence-electron chi connectivity index (χ3n) is 5.94. The molecule has 1 heterocycles. The van der Waals surface area contributed by atoms with Crippen molar-refractivity contribution in [1.82, 2.24) is 10.2 Å². The van der Waals surface area contributed by atoms with Crippen molar-refractivity contribution in [2.45, 2.75) is 38.8 Å². The lowest BCUT2D eigenvalue weighted by Gasteiger charge is -2.44. The van der Waals surface area contributed by atoms with Gasteiger partial charge in [-0.25, -0.2) is 0 Å². The summed E-state index contributed by atoms with van der Waals surface area (Å²) in [6.45, 7) is 10.1. The van der Waals surface area contributed by atoms with Crippen molar-refractivity contribution >= 4 is 0 Å². The van der Waals surface area contributed by atoms with Crippen LogP contribution in [0.25, 0.3) is 0 Å². The normalized spacial score (nSPS) is 23.2. The molecule has 1 fully saturated rings. The Hall–Kier alpha value is -1.68. The minimum atomic E-state index is 0.0392. The summed E-state index contributed by atoms with van der Waals surface area (Å²) in [6, 6.07) is 15.7. The molecule has 0 saturated carbocycles. The molecule has 0 unspecified atom stereocenters. The summed E-state index contributed by atoms with van der Waals surface area (Å²) in [5.41, 5.74) is 6.93. The summed E-state index contributed by atoms with van der Waals surface area (Å²) in [6.07, 6.45) is 2.33. The molecule has 1 atom stereocenters. The fraction of sp³-hybridized carbons (Fsp3) is 0.478. The average Bonchev–Trinajstić information content (AvgIpc) is 3.02. The van der Waals surface area contributed by atoms with Gasteiger partial charge in [0.05, 0.1) is 18.8 Å². The molecular weight excluding hydrogens is 320 g/mol. The van der Waals surface area contributed by atoms with E-state index in [1.54, 1.807) is 0 Å². The Balaban J connectivity index is 1.54. The minimum Gasteiger partial charge on any atom is -0.374 e. The van der Waals surface area contributed by atoms with Crippen molar-refractivity contribution in [3.8, 4) is 0 Å². The molecule has 2 aromatic rings. The van der Waals surface area contributed by atoms with Gasteiger partial charge in [-0.3, -0.25) is 4.90 Å². The van der Waals surface area contributed by atoms with Gasteiger partial charge in [-0.15, -0.1) is 0 Å². The first-order valence-corrected chi connectivity index (χ1v) is 9.86. The van der Waals surface area contributed by atoms with E-state index in [0.717, 1.165) is 39.2 Å². The summed E-state index contributed by atoms with van der Waals surface area (Å²) < 4.78 is 6.37. The molecule has 0 aromatic heterocycles.